The van der Waals surface area contributed by atoms with E-state index in [0.29, 0.717) is 12.6 Å². The second kappa shape index (κ2) is 6.91. The molecule has 0 aliphatic carbocycles. The zero-order chi connectivity index (χ0) is 12.6. The van der Waals surface area contributed by atoms with Gasteiger partial charge in [-0.05, 0) is 25.1 Å². The molecule has 1 aromatic carbocycles. The third-order valence-electron chi connectivity index (χ3n) is 2.71. The van der Waals surface area contributed by atoms with Crippen LogP contribution in [0.25, 0.3) is 11.0 Å². The summed E-state index contributed by atoms with van der Waals surface area (Å²) in [6.45, 7) is 3.66. The molecular formula is C14H19N3O. The van der Waals surface area contributed by atoms with Crippen LogP contribution in [0.15, 0.2) is 30.5 Å². The van der Waals surface area contributed by atoms with Crippen molar-refractivity contribution in [2.45, 2.75) is 26.2 Å². The fourth-order valence-electron chi connectivity index (χ4n) is 1.71. The van der Waals surface area contributed by atoms with Crippen LogP contribution in [0.2, 0.25) is 0 Å². The van der Waals surface area contributed by atoms with E-state index in [4.69, 9.17) is 4.74 Å². The van der Waals surface area contributed by atoms with Gasteiger partial charge in [-0.25, -0.2) is 9.97 Å². The van der Waals surface area contributed by atoms with Crippen LogP contribution in [0, 0.1) is 0 Å². The third kappa shape index (κ3) is 3.67. The Labute approximate surface area is 107 Å². The summed E-state index contributed by atoms with van der Waals surface area (Å²) in [4.78, 5) is 8.68. The molecule has 96 valence electrons. The quantitative estimate of drug-likeness (QED) is 0.602. The molecule has 18 heavy (non-hydrogen) atoms. The van der Waals surface area contributed by atoms with Crippen LogP contribution in [-0.2, 0) is 0 Å². The van der Waals surface area contributed by atoms with Crippen molar-refractivity contribution < 1.29 is 4.74 Å². The van der Waals surface area contributed by atoms with Crippen LogP contribution < -0.4 is 10.1 Å². The average molecular weight is 245 g/mol. The van der Waals surface area contributed by atoms with Crippen molar-refractivity contribution in [2.24, 2.45) is 0 Å². The molecule has 4 nitrogen and oxygen atoms in total. The molecule has 0 unspecified atom stereocenters. The summed E-state index contributed by atoms with van der Waals surface area (Å²) >= 11 is 0. The maximum absolute atomic E-state index is 5.51. The summed E-state index contributed by atoms with van der Waals surface area (Å²) in [6, 6.07) is 7.77. The lowest BCUT2D eigenvalue weighted by Gasteiger charge is -2.07. The Morgan fingerprint density at radius 1 is 1.17 bits per heavy atom. The van der Waals surface area contributed by atoms with Gasteiger partial charge in [0.1, 0.15) is 6.73 Å². The number of ether oxygens (including phenoxy) is 1. The Kier molecular flexibility index (Phi) is 4.90. The second-order valence-corrected chi connectivity index (χ2v) is 4.19. The molecule has 0 saturated heterocycles. The Hall–Kier alpha value is -1.68. The van der Waals surface area contributed by atoms with Crippen LogP contribution >= 0.6 is 0 Å². The van der Waals surface area contributed by atoms with E-state index in [9.17, 15) is 0 Å². The molecule has 0 aliphatic rings. The maximum atomic E-state index is 5.51. The smallest absolute Gasteiger partial charge is 0.234 e. The molecule has 1 aromatic heterocycles. The summed E-state index contributed by atoms with van der Waals surface area (Å²) < 4.78 is 5.51. The highest BCUT2D eigenvalue weighted by Gasteiger charge is 1.99. The van der Waals surface area contributed by atoms with Crippen LogP contribution in [0.3, 0.4) is 0 Å². The van der Waals surface area contributed by atoms with Gasteiger partial charge in [0.2, 0.25) is 5.88 Å². The fraction of sp³-hybridized carbons (Fsp3) is 0.429. The number of hydrogen-bond acceptors (Lipinski definition) is 4. The number of aromatic nitrogens is 2. The molecule has 4 heteroatoms. The summed E-state index contributed by atoms with van der Waals surface area (Å²) in [5.74, 6) is 0.566. The number of rotatable bonds is 7. The number of nitrogens with zero attached hydrogens (tertiary/aromatic N) is 2. The summed E-state index contributed by atoms with van der Waals surface area (Å²) in [6.07, 6.45) is 5.33. The summed E-state index contributed by atoms with van der Waals surface area (Å²) in [5.41, 5.74) is 1.75. The predicted molar refractivity (Wildman–Crippen MR) is 72.6 cm³/mol. The van der Waals surface area contributed by atoms with Gasteiger partial charge in [-0.15, -0.1) is 0 Å². The lowest BCUT2D eigenvalue weighted by molar-refractivity contribution is 0.272. The van der Waals surface area contributed by atoms with E-state index in [-0.39, 0.29) is 0 Å². The van der Waals surface area contributed by atoms with Crippen molar-refractivity contribution in [1.82, 2.24) is 15.3 Å². The highest BCUT2D eigenvalue weighted by Crippen LogP contribution is 2.12. The van der Waals surface area contributed by atoms with Gasteiger partial charge in [0.15, 0.2) is 0 Å². The molecule has 0 atom stereocenters. The number of nitrogens with one attached hydrogen (secondary N) is 1. The van der Waals surface area contributed by atoms with Gasteiger partial charge < -0.3 is 4.74 Å². The van der Waals surface area contributed by atoms with E-state index in [1.54, 1.807) is 6.20 Å². The number of hydrogen-bond donors (Lipinski definition) is 1. The summed E-state index contributed by atoms with van der Waals surface area (Å²) in [7, 11) is 0. The first-order chi connectivity index (χ1) is 8.90. The standard InChI is InChI=1S/C14H19N3O/c1-2-3-6-9-15-11-18-14-10-16-12-7-4-5-8-13(12)17-14/h4-5,7-8,10,15H,2-3,6,9,11H2,1H3. The topological polar surface area (TPSA) is 47.0 Å². The zero-order valence-corrected chi connectivity index (χ0v) is 10.7. The molecule has 0 fully saturated rings. The molecular weight excluding hydrogens is 226 g/mol. The Balaban J connectivity index is 1.81. The molecule has 1 heterocycles. The van der Waals surface area contributed by atoms with E-state index < -0.39 is 0 Å². The molecule has 0 aliphatic heterocycles. The van der Waals surface area contributed by atoms with Crippen molar-refractivity contribution in [1.29, 1.82) is 0 Å². The Morgan fingerprint density at radius 2 is 2.00 bits per heavy atom. The van der Waals surface area contributed by atoms with Gasteiger partial charge in [0.25, 0.3) is 0 Å². The minimum absolute atomic E-state index is 0.483. The minimum Gasteiger partial charge on any atom is -0.461 e. The van der Waals surface area contributed by atoms with Gasteiger partial charge in [-0.1, -0.05) is 31.9 Å². The first-order valence-corrected chi connectivity index (χ1v) is 6.45. The van der Waals surface area contributed by atoms with E-state index >= 15 is 0 Å². The summed E-state index contributed by atoms with van der Waals surface area (Å²) in [5, 5.41) is 3.23. The highest BCUT2D eigenvalue weighted by atomic mass is 16.5. The van der Waals surface area contributed by atoms with Crippen LogP contribution in [0.1, 0.15) is 26.2 Å². The molecule has 1 N–H and O–H groups in total. The molecule has 0 saturated carbocycles. The SMILES string of the molecule is CCCCCNCOc1cnc2ccccc2n1. The normalized spacial score (nSPS) is 10.7. The van der Waals surface area contributed by atoms with Crippen molar-refractivity contribution in [3.05, 3.63) is 30.5 Å². The second-order valence-electron chi connectivity index (χ2n) is 4.19. The zero-order valence-electron chi connectivity index (χ0n) is 10.7. The van der Waals surface area contributed by atoms with Crippen LogP contribution in [0.4, 0.5) is 0 Å². The van der Waals surface area contributed by atoms with Gasteiger partial charge in [-0.2, -0.15) is 0 Å². The van der Waals surface area contributed by atoms with Crippen molar-refractivity contribution in [2.75, 3.05) is 13.3 Å². The van der Waals surface area contributed by atoms with Crippen molar-refractivity contribution in [3.63, 3.8) is 0 Å². The van der Waals surface area contributed by atoms with E-state index in [0.717, 1.165) is 17.6 Å². The van der Waals surface area contributed by atoms with E-state index in [2.05, 4.69) is 22.2 Å². The molecule has 2 rings (SSSR count). The van der Waals surface area contributed by atoms with Crippen LogP contribution in [0.5, 0.6) is 5.88 Å². The first kappa shape index (κ1) is 12.8. The van der Waals surface area contributed by atoms with E-state index in [1.807, 2.05) is 24.3 Å². The lowest BCUT2D eigenvalue weighted by Crippen LogP contribution is -2.21. The molecule has 0 spiro atoms. The number of para-hydroxylation sites is 2. The molecule has 0 bridgehead atoms. The van der Waals surface area contributed by atoms with Crippen LogP contribution in [-0.4, -0.2) is 23.2 Å². The first-order valence-electron chi connectivity index (χ1n) is 6.45. The van der Waals surface area contributed by atoms with Crippen molar-refractivity contribution >= 4 is 11.0 Å². The minimum atomic E-state index is 0.483. The molecule has 2 aromatic rings. The number of benzene rings is 1. The Bertz CT molecular complexity index is 487. The number of unbranched alkanes of at least 4 members (excludes halogenated alkanes) is 2. The van der Waals surface area contributed by atoms with E-state index in [1.165, 1.54) is 19.3 Å². The third-order valence-corrected chi connectivity index (χ3v) is 2.71. The number of fused-ring (bicyclic) bond motifs is 1. The van der Waals surface area contributed by atoms with Gasteiger partial charge >= 0.3 is 0 Å². The molecule has 0 amide bonds. The lowest BCUT2D eigenvalue weighted by atomic mass is 10.2. The highest BCUT2D eigenvalue weighted by molar-refractivity contribution is 5.73. The molecule has 0 radical (unpaired) electrons. The fourth-order valence-corrected chi connectivity index (χ4v) is 1.71. The largest absolute Gasteiger partial charge is 0.461 e. The van der Waals surface area contributed by atoms with Crippen molar-refractivity contribution in [3.8, 4) is 5.88 Å². The van der Waals surface area contributed by atoms with Gasteiger partial charge in [-0.3, -0.25) is 5.32 Å². The monoisotopic (exact) mass is 245 g/mol. The average Bonchev–Trinajstić information content (AvgIpc) is 2.42. The predicted octanol–water partition coefficient (Wildman–Crippen LogP) is 2.75. The van der Waals surface area contributed by atoms with Gasteiger partial charge in [0, 0.05) is 0 Å². The Morgan fingerprint density at radius 3 is 2.83 bits per heavy atom. The maximum Gasteiger partial charge on any atom is 0.234 e. The van der Waals surface area contributed by atoms with Gasteiger partial charge in [0.05, 0.1) is 17.2 Å².